The van der Waals surface area contributed by atoms with Gasteiger partial charge in [-0.25, -0.2) is 0 Å². The third-order valence-electron chi connectivity index (χ3n) is 3.51. The second kappa shape index (κ2) is 8.67. The third kappa shape index (κ3) is 5.39. The molecule has 0 saturated heterocycles. The summed E-state index contributed by atoms with van der Waals surface area (Å²) in [4.78, 5) is 29.6. The van der Waals surface area contributed by atoms with Crippen LogP contribution < -0.4 is 10.1 Å². The summed E-state index contributed by atoms with van der Waals surface area (Å²) in [7, 11) is 1.59. The molecule has 0 aliphatic rings. The van der Waals surface area contributed by atoms with Crippen LogP contribution in [0.4, 0.5) is 5.69 Å². The van der Waals surface area contributed by atoms with Gasteiger partial charge in [0.05, 0.1) is 19.3 Å². The molecule has 6 heteroatoms. The zero-order chi connectivity index (χ0) is 17.4. The Morgan fingerprint density at radius 1 is 1.17 bits per heavy atom. The Hall–Kier alpha value is -2.89. The first kappa shape index (κ1) is 17.5. The van der Waals surface area contributed by atoms with Crippen molar-refractivity contribution in [1.29, 1.82) is 0 Å². The van der Waals surface area contributed by atoms with Crippen LogP contribution in [0.3, 0.4) is 0 Å². The molecule has 0 fully saturated rings. The number of methoxy groups -OCH3 is 1. The molecule has 2 amide bonds. The van der Waals surface area contributed by atoms with Crippen molar-refractivity contribution in [2.45, 2.75) is 19.9 Å². The van der Waals surface area contributed by atoms with Crippen molar-refractivity contribution in [3.63, 3.8) is 0 Å². The molecule has 2 aromatic rings. The molecule has 0 atom stereocenters. The Bertz CT molecular complexity index is 672. The van der Waals surface area contributed by atoms with Gasteiger partial charge in [-0.05, 0) is 36.4 Å². The molecule has 24 heavy (non-hydrogen) atoms. The van der Waals surface area contributed by atoms with E-state index in [4.69, 9.17) is 4.74 Å². The quantitative estimate of drug-likeness (QED) is 0.848. The van der Waals surface area contributed by atoms with Crippen LogP contribution in [0.25, 0.3) is 0 Å². The molecule has 1 N–H and O–H groups in total. The monoisotopic (exact) mass is 327 g/mol. The summed E-state index contributed by atoms with van der Waals surface area (Å²) in [5.74, 6) is 0.497. The summed E-state index contributed by atoms with van der Waals surface area (Å²) in [6, 6.07) is 12.6. The first-order valence-electron chi connectivity index (χ1n) is 7.68. The molecule has 0 aliphatic heterocycles. The number of amides is 2. The van der Waals surface area contributed by atoms with Crippen LogP contribution >= 0.6 is 0 Å². The van der Waals surface area contributed by atoms with Gasteiger partial charge in [0.15, 0.2) is 0 Å². The normalized spacial score (nSPS) is 10.1. The number of carbonyl (C=O) groups is 2. The summed E-state index contributed by atoms with van der Waals surface area (Å²) in [5.41, 5.74) is 1.49. The predicted molar refractivity (Wildman–Crippen MR) is 91.6 cm³/mol. The van der Waals surface area contributed by atoms with Gasteiger partial charge in [0.25, 0.3) is 0 Å². The lowest BCUT2D eigenvalue weighted by molar-refractivity contribution is -0.130. The number of hydrogen-bond acceptors (Lipinski definition) is 4. The summed E-state index contributed by atoms with van der Waals surface area (Å²) in [6.45, 7) is 2.23. The number of hydrogen-bond donors (Lipinski definition) is 1. The highest BCUT2D eigenvalue weighted by Gasteiger charge is 2.12. The summed E-state index contributed by atoms with van der Waals surface area (Å²) in [5, 5.41) is 2.80. The summed E-state index contributed by atoms with van der Waals surface area (Å²) >= 11 is 0. The molecule has 1 aromatic carbocycles. The van der Waals surface area contributed by atoms with Gasteiger partial charge in [-0.1, -0.05) is 6.07 Å². The molecule has 0 spiro atoms. The average Bonchev–Trinajstić information content (AvgIpc) is 2.60. The average molecular weight is 327 g/mol. The van der Waals surface area contributed by atoms with Gasteiger partial charge in [-0.3, -0.25) is 14.6 Å². The Kier molecular flexibility index (Phi) is 6.31. The van der Waals surface area contributed by atoms with Crippen LogP contribution in [-0.4, -0.2) is 35.4 Å². The van der Waals surface area contributed by atoms with Crippen molar-refractivity contribution >= 4 is 17.5 Å². The second-order valence-electron chi connectivity index (χ2n) is 5.29. The number of nitrogens with zero attached hydrogens (tertiary/aromatic N) is 2. The summed E-state index contributed by atoms with van der Waals surface area (Å²) in [6.07, 6.45) is 1.91. The van der Waals surface area contributed by atoms with E-state index in [0.717, 1.165) is 11.4 Å². The fourth-order valence-electron chi connectivity index (χ4n) is 2.17. The Morgan fingerprint density at radius 2 is 1.92 bits per heavy atom. The minimum atomic E-state index is -0.146. The third-order valence-corrected chi connectivity index (χ3v) is 3.51. The molecule has 0 radical (unpaired) electrons. The van der Waals surface area contributed by atoms with Crippen LogP contribution in [0.5, 0.6) is 5.75 Å². The van der Waals surface area contributed by atoms with E-state index in [1.54, 1.807) is 42.5 Å². The lowest BCUT2D eigenvalue weighted by Crippen LogP contribution is -2.31. The number of benzene rings is 1. The molecule has 1 heterocycles. The zero-order valence-corrected chi connectivity index (χ0v) is 13.9. The van der Waals surface area contributed by atoms with Crippen LogP contribution in [-0.2, 0) is 16.1 Å². The molecule has 1 aromatic heterocycles. The minimum Gasteiger partial charge on any atom is -0.497 e. The van der Waals surface area contributed by atoms with Crippen molar-refractivity contribution in [3.05, 3.63) is 54.4 Å². The van der Waals surface area contributed by atoms with Crippen LogP contribution in [0, 0.1) is 0 Å². The zero-order valence-electron chi connectivity index (χ0n) is 13.9. The van der Waals surface area contributed by atoms with Gasteiger partial charge in [-0.15, -0.1) is 0 Å². The first-order chi connectivity index (χ1) is 11.6. The molecule has 0 saturated carbocycles. The van der Waals surface area contributed by atoms with Crippen molar-refractivity contribution in [1.82, 2.24) is 9.88 Å². The number of pyridine rings is 1. The van der Waals surface area contributed by atoms with Crippen LogP contribution in [0.15, 0.2) is 48.7 Å². The fraction of sp³-hybridized carbons (Fsp3) is 0.278. The van der Waals surface area contributed by atoms with Crippen molar-refractivity contribution in [2.24, 2.45) is 0 Å². The van der Waals surface area contributed by atoms with Crippen molar-refractivity contribution in [3.8, 4) is 5.75 Å². The maximum atomic E-state index is 12.1. The number of aromatic nitrogens is 1. The Balaban J connectivity index is 1.86. The smallest absolute Gasteiger partial charge is 0.226 e. The maximum Gasteiger partial charge on any atom is 0.226 e. The van der Waals surface area contributed by atoms with Crippen molar-refractivity contribution in [2.75, 3.05) is 19.0 Å². The van der Waals surface area contributed by atoms with Gasteiger partial charge in [0, 0.05) is 31.8 Å². The van der Waals surface area contributed by atoms with E-state index in [1.807, 2.05) is 18.2 Å². The maximum absolute atomic E-state index is 12.1. The molecule has 0 unspecified atom stereocenters. The molecule has 2 rings (SSSR count). The minimum absolute atomic E-state index is 0.0853. The molecule has 0 bridgehead atoms. The number of nitrogens with one attached hydrogen (secondary N) is 1. The van der Waals surface area contributed by atoms with E-state index in [0.29, 0.717) is 18.8 Å². The highest BCUT2D eigenvalue weighted by molar-refractivity contribution is 5.91. The number of anilines is 1. The largest absolute Gasteiger partial charge is 0.497 e. The second-order valence-corrected chi connectivity index (χ2v) is 5.29. The van der Waals surface area contributed by atoms with Gasteiger partial charge in [-0.2, -0.15) is 0 Å². The first-order valence-corrected chi connectivity index (χ1v) is 7.68. The lowest BCUT2D eigenvalue weighted by Gasteiger charge is -2.20. The standard InChI is InChI=1S/C18H21N3O3/c1-14(22)21(13-16-5-3-4-11-19-16)12-10-18(23)20-15-6-8-17(24-2)9-7-15/h3-9,11H,10,12-13H2,1-2H3,(H,20,23). The van der Waals surface area contributed by atoms with Gasteiger partial charge < -0.3 is 15.0 Å². The Morgan fingerprint density at radius 3 is 2.50 bits per heavy atom. The Labute approximate surface area is 141 Å². The van der Waals surface area contributed by atoms with Gasteiger partial charge in [0.1, 0.15) is 5.75 Å². The molecular formula is C18H21N3O3. The van der Waals surface area contributed by atoms with Crippen molar-refractivity contribution < 1.29 is 14.3 Å². The molecule has 0 aliphatic carbocycles. The molecular weight excluding hydrogens is 306 g/mol. The number of carbonyl (C=O) groups excluding carboxylic acids is 2. The molecule has 6 nitrogen and oxygen atoms in total. The highest BCUT2D eigenvalue weighted by Crippen LogP contribution is 2.15. The van der Waals surface area contributed by atoms with E-state index in [2.05, 4.69) is 10.3 Å². The van der Waals surface area contributed by atoms with E-state index >= 15 is 0 Å². The number of ether oxygens (including phenoxy) is 1. The van der Waals surface area contributed by atoms with E-state index in [1.165, 1.54) is 6.92 Å². The SMILES string of the molecule is COc1ccc(NC(=O)CCN(Cc2ccccn2)C(C)=O)cc1. The van der Waals surface area contributed by atoms with E-state index in [9.17, 15) is 9.59 Å². The van der Waals surface area contributed by atoms with Crippen LogP contribution in [0.2, 0.25) is 0 Å². The predicted octanol–water partition coefficient (Wildman–Crippen LogP) is 2.47. The van der Waals surface area contributed by atoms with Crippen LogP contribution in [0.1, 0.15) is 19.0 Å². The fourth-order valence-corrected chi connectivity index (χ4v) is 2.17. The molecule has 126 valence electrons. The van der Waals surface area contributed by atoms with Gasteiger partial charge in [0.2, 0.25) is 11.8 Å². The van der Waals surface area contributed by atoms with E-state index in [-0.39, 0.29) is 18.2 Å². The summed E-state index contributed by atoms with van der Waals surface area (Å²) < 4.78 is 5.07. The van der Waals surface area contributed by atoms with E-state index < -0.39 is 0 Å². The topological polar surface area (TPSA) is 71.5 Å². The lowest BCUT2D eigenvalue weighted by atomic mass is 10.2. The highest BCUT2D eigenvalue weighted by atomic mass is 16.5. The van der Waals surface area contributed by atoms with Gasteiger partial charge >= 0.3 is 0 Å². The number of rotatable bonds is 7.